The van der Waals surface area contributed by atoms with Crippen LogP contribution in [0.15, 0.2) is 65.3 Å². The Morgan fingerprint density at radius 1 is 0.971 bits per heavy atom. The molecule has 0 aliphatic heterocycles. The highest BCUT2D eigenvalue weighted by Gasteiger charge is 2.23. The van der Waals surface area contributed by atoms with Crippen molar-refractivity contribution in [1.82, 2.24) is 9.80 Å². The van der Waals surface area contributed by atoms with Gasteiger partial charge in [0.1, 0.15) is 18.1 Å². The lowest BCUT2D eigenvalue weighted by molar-refractivity contribution is -0.133. The number of hydrogen-bond donors (Lipinski definition) is 1. The van der Waals surface area contributed by atoms with E-state index in [1.807, 2.05) is 45.9 Å². The lowest BCUT2D eigenvalue weighted by Crippen LogP contribution is -2.45. The minimum atomic E-state index is -0.334. The van der Waals surface area contributed by atoms with Crippen LogP contribution >= 0.6 is 0 Å². The lowest BCUT2D eigenvalue weighted by Gasteiger charge is -2.29. The molecule has 34 heavy (non-hydrogen) atoms. The van der Waals surface area contributed by atoms with E-state index < -0.39 is 0 Å². The summed E-state index contributed by atoms with van der Waals surface area (Å²) in [5.74, 6) is 0.245. The van der Waals surface area contributed by atoms with Gasteiger partial charge in [0.05, 0.1) is 12.8 Å². The second-order valence-electron chi connectivity index (χ2n) is 8.91. The zero-order chi connectivity index (χ0) is 24.7. The van der Waals surface area contributed by atoms with Gasteiger partial charge in [0.2, 0.25) is 5.91 Å². The molecule has 0 aliphatic carbocycles. The van der Waals surface area contributed by atoms with E-state index >= 15 is 0 Å². The Labute approximate surface area is 200 Å². The maximum absolute atomic E-state index is 13.4. The minimum Gasteiger partial charge on any atom is -0.467 e. The van der Waals surface area contributed by atoms with E-state index in [1.54, 1.807) is 35.4 Å². The molecule has 3 aromatic rings. The quantitative estimate of drug-likeness (QED) is 0.437. The van der Waals surface area contributed by atoms with Crippen LogP contribution in [0.1, 0.15) is 36.3 Å². The van der Waals surface area contributed by atoms with E-state index in [2.05, 4.69) is 5.32 Å². The summed E-state index contributed by atoms with van der Waals surface area (Å²) < 4.78 is 18.8. The van der Waals surface area contributed by atoms with E-state index in [0.717, 1.165) is 22.4 Å². The van der Waals surface area contributed by atoms with Crippen LogP contribution in [0.3, 0.4) is 0 Å². The number of furan rings is 1. The Morgan fingerprint density at radius 3 is 2.35 bits per heavy atom. The zero-order valence-corrected chi connectivity index (χ0v) is 20.2. The molecule has 3 rings (SSSR count). The van der Waals surface area contributed by atoms with Gasteiger partial charge < -0.3 is 19.5 Å². The summed E-state index contributed by atoms with van der Waals surface area (Å²) in [6, 6.07) is 15.0. The Morgan fingerprint density at radius 2 is 1.71 bits per heavy atom. The van der Waals surface area contributed by atoms with Crippen LogP contribution in [0.5, 0.6) is 0 Å². The van der Waals surface area contributed by atoms with Gasteiger partial charge in [0.15, 0.2) is 0 Å². The average Bonchev–Trinajstić information content (AvgIpc) is 3.30. The average molecular weight is 466 g/mol. The predicted molar refractivity (Wildman–Crippen MR) is 131 cm³/mol. The van der Waals surface area contributed by atoms with Crippen molar-refractivity contribution < 1.29 is 18.4 Å². The molecule has 2 aromatic carbocycles. The van der Waals surface area contributed by atoms with Gasteiger partial charge in [-0.2, -0.15) is 0 Å². The first kappa shape index (κ1) is 25.0. The molecule has 3 amide bonds. The molecule has 1 heterocycles. The third-order valence-corrected chi connectivity index (χ3v) is 5.61. The number of carbonyl (C=O) groups is 2. The number of urea groups is 1. The summed E-state index contributed by atoms with van der Waals surface area (Å²) in [6.45, 7) is 8.80. The maximum atomic E-state index is 13.4. The fourth-order valence-corrected chi connectivity index (χ4v) is 3.64. The second kappa shape index (κ2) is 11.5. The standard InChI is InChI=1S/C27H32FN3O3/c1-19(2)15-31(27(33)29-25-9-5-7-20(3)21(25)4)18-26(32)30(17-24-8-6-14-34-24)16-22-10-12-23(28)13-11-22/h5-14,19H,15-18H2,1-4H3,(H,29,33). The molecule has 180 valence electrons. The number of nitrogens with one attached hydrogen (secondary N) is 1. The summed E-state index contributed by atoms with van der Waals surface area (Å²) in [4.78, 5) is 29.7. The van der Waals surface area contributed by atoms with E-state index in [9.17, 15) is 14.0 Å². The van der Waals surface area contributed by atoms with Crippen LogP contribution in [0.2, 0.25) is 0 Å². The Bertz CT molecular complexity index is 1090. The van der Waals surface area contributed by atoms with Crippen molar-refractivity contribution in [2.75, 3.05) is 18.4 Å². The molecule has 0 saturated heterocycles. The van der Waals surface area contributed by atoms with Gasteiger partial charge >= 0.3 is 6.03 Å². The van der Waals surface area contributed by atoms with E-state index in [0.29, 0.717) is 12.3 Å². The molecule has 0 bridgehead atoms. The predicted octanol–water partition coefficient (Wildman–Crippen LogP) is 5.75. The molecule has 1 aromatic heterocycles. The van der Waals surface area contributed by atoms with Crippen molar-refractivity contribution in [3.05, 3.63) is 89.1 Å². The van der Waals surface area contributed by atoms with E-state index in [-0.39, 0.29) is 43.3 Å². The van der Waals surface area contributed by atoms with Gasteiger partial charge in [-0.1, -0.05) is 38.1 Å². The molecule has 0 atom stereocenters. The molecule has 0 fully saturated rings. The van der Waals surface area contributed by atoms with Gasteiger partial charge in [0, 0.05) is 18.8 Å². The summed E-state index contributed by atoms with van der Waals surface area (Å²) in [5, 5.41) is 2.96. The fourth-order valence-electron chi connectivity index (χ4n) is 3.64. The van der Waals surface area contributed by atoms with Crippen molar-refractivity contribution in [1.29, 1.82) is 0 Å². The third kappa shape index (κ3) is 6.94. The molecule has 6 nitrogen and oxygen atoms in total. The van der Waals surface area contributed by atoms with Crippen LogP contribution in [0.25, 0.3) is 0 Å². The molecular weight excluding hydrogens is 433 g/mol. The highest BCUT2D eigenvalue weighted by Crippen LogP contribution is 2.19. The lowest BCUT2D eigenvalue weighted by atomic mass is 10.1. The smallest absolute Gasteiger partial charge is 0.322 e. The molecule has 0 aliphatic rings. The van der Waals surface area contributed by atoms with Crippen molar-refractivity contribution in [2.45, 2.75) is 40.8 Å². The van der Waals surface area contributed by atoms with Gasteiger partial charge in [-0.15, -0.1) is 0 Å². The van der Waals surface area contributed by atoms with Crippen molar-refractivity contribution >= 4 is 17.6 Å². The molecule has 0 spiro atoms. The maximum Gasteiger partial charge on any atom is 0.322 e. The Kier molecular flexibility index (Phi) is 8.46. The SMILES string of the molecule is Cc1cccc(NC(=O)N(CC(=O)N(Cc2ccc(F)cc2)Cc2ccco2)CC(C)C)c1C. The van der Waals surface area contributed by atoms with Gasteiger partial charge in [-0.25, -0.2) is 9.18 Å². The van der Waals surface area contributed by atoms with Crippen LogP contribution in [-0.2, 0) is 17.9 Å². The Balaban J connectivity index is 1.78. The normalized spacial score (nSPS) is 10.9. The van der Waals surface area contributed by atoms with E-state index in [4.69, 9.17) is 4.42 Å². The summed E-state index contributed by atoms with van der Waals surface area (Å²) in [5.41, 5.74) is 3.58. The third-order valence-electron chi connectivity index (χ3n) is 5.61. The Hall–Kier alpha value is -3.61. The number of halogens is 1. The number of nitrogens with zero attached hydrogens (tertiary/aromatic N) is 2. The molecule has 7 heteroatoms. The first-order valence-electron chi connectivity index (χ1n) is 11.4. The minimum absolute atomic E-state index is 0.0865. The first-order valence-corrected chi connectivity index (χ1v) is 11.4. The number of rotatable bonds is 9. The molecule has 1 N–H and O–H groups in total. The van der Waals surface area contributed by atoms with E-state index in [1.165, 1.54) is 17.0 Å². The van der Waals surface area contributed by atoms with Crippen molar-refractivity contribution in [3.63, 3.8) is 0 Å². The molecule has 0 radical (unpaired) electrons. The summed E-state index contributed by atoms with van der Waals surface area (Å²) in [7, 11) is 0. The highest BCUT2D eigenvalue weighted by molar-refractivity contribution is 5.93. The van der Waals surface area contributed by atoms with Crippen LogP contribution in [0, 0.1) is 25.6 Å². The number of carbonyl (C=O) groups excluding carboxylic acids is 2. The second-order valence-corrected chi connectivity index (χ2v) is 8.91. The number of benzene rings is 2. The van der Waals surface area contributed by atoms with Crippen LogP contribution in [-0.4, -0.2) is 34.8 Å². The zero-order valence-electron chi connectivity index (χ0n) is 20.2. The van der Waals surface area contributed by atoms with Gasteiger partial charge in [0.25, 0.3) is 0 Å². The van der Waals surface area contributed by atoms with Crippen molar-refractivity contribution in [3.8, 4) is 0 Å². The molecule has 0 saturated carbocycles. The fraction of sp³-hybridized carbons (Fsp3) is 0.333. The largest absolute Gasteiger partial charge is 0.467 e. The number of aryl methyl sites for hydroxylation is 1. The van der Waals surface area contributed by atoms with Crippen molar-refractivity contribution in [2.24, 2.45) is 5.92 Å². The molecular formula is C27H32FN3O3. The summed E-state index contributed by atoms with van der Waals surface area (Å²) >= 11 is 0. The van der Waals surface area contributed by atoms with Gasteiger partial charge in [-0.05, 0) is 66.8 Å². The highest BCUT2D eigenvalue weighted by atomic mass is 19.1. The topological polar surface area (TPSA) is 65.8 Å². The summed E-state index contributed by atoms with van der Waals surface area (Å²) in [6.07, 6.45) is 1.55. The molecule has 0 unspecified atom stereocenters. The number of hydrogen-bond acceptors (Lipinski definition) is 3. The first-order chi connectivity index (χ1) is 16.2. The van der Waals surface area contributed by atoms with Crippen LogP contribution in [0.4, 0.5) is 14.9 Å². The monoisotopic (exact) mass is 465 g/mol. The van der Waals surface area contributed by atoms with Crippen LogP contribution < -0.4 is 5.32 Å². The van der Waals surface area contributed by atoms with Gasteiger partial charge in [-0.3, -0.25) is 4.79 Å². The number of amides is 3. The number of anilines is 1.